The first-order valence-corrected chi connectivity index (χ1v) is 7.89. The van der Waals surface area contributed by atoms with Gasteiger partial charge in [0.2, 0.25) is 0 Å². The van der Waals surface area contributed by atoms with Crippen molar-refractivity contribution >= 4 is 11.8 Å². The summed E-state index contributed by atoms with van der Waals surface area (Å²) in [6.45, 7) is 7.23. The number of anilines is 1. The van der Waals surface area contributed by atoms with Crippen LogP contribution in [0.2, 0.25) is 0 Å². The highest BCUT2D eigenvalue weighted by atomic mass is 16.6. The molecule has 5 heteroatoms. The maximum atomic E-state index is 11.8. The van der Waals surface area contributed by atoms with E-state index in [9.17, 15) is 4.79 Å². The molecule has 5 nitrogen and oxygen atoms in total. The van der Waals surface area contributed by atoms with E-state index in [1.165, 1.54) is 11.3 Å². The lowest BCUT2D eigenvalue weighted by Gasteiger charge is -2.32. The van der Waals surface area contributed by atoms with Crippen molar-refractivity contribution in [2.75, 3.05) is 25.5 Å². The summed E-state index contributed by atoms with van der Waals surface area (Å²) in [6.07, 6.45) is 1.10. The maximum absolute atomic E-state index is 11.8. The molecule has 120 valence electrons. The number of carbonyl (C=O) groups is 1. The fourth-order valence-corrected chi connectivity index (χ4v) is 3.99. The van der Waals surface area contributed by atoms with Crippen LogP contribution < -0.4 is 15.0 Å². The highest BCUT2D eigenvalue weighted by molar-refractivity contribution is 5.72. The molecule has 2 heterocycles. The Morgan fingerprint density at radius 3 is 2.82 bits per heavy atom. The lowest BCUT2D eigenvalue weighted by atomic mass is 9.81. The van der Waals surface area contributed by atoms with Crippen molar-refractivity contribution < 1.29 is 9.53 Å². The van der Waals surface area contributed by atoms with Crippen molar-refractivity contribution in [3.05, 3.63) is 23.8 Å². The summed E-state index contributed by atoms with van der Waals surface area (Å²) in [5, 5.41) is 2.75. The predicted octanol–water partition coefficient (Wildman–Crippen LogP) is 2.55. The fourth-order valence-electron chi connectivity index (χ4n) is 3.99. The van der Waals surface area contributed by atoms with Gasteiger partial charge in [-0.25, -0.2) is 4.79 Å². The predicted molar refractivity (Wildman–Crippen MR) is 87.5 cm³/mol. The van der Waals surface area contributed by atoms with Crippen LogP contribution in [0, 0.1) is 0 Å². The summed E-state index contributed by atoms with van der Waals surface area (Å²) in [7, 11) is 4.31. The van der Waals surface area contributed by atoms with Crippen molar-refractivity contribution in [3.8, 4) is 5.75 Å². The molecule has 1 aromatic carbocycles. The number of nitrogens with one attached hydrogen (secondary N) is 1. The zero-order chi connectivity index (χ0) is 16.1. The third kappa shape index (κ3) is 2.24. The molecule has 3 rings (SSSR count). The lowest BCUT2D eigenvalue weighted by molar-refractivity contribution is 0.197. The van der Waals surface area contributed by atoms with Crippen molar-refractivity contribution in [2.24, 2.45) is 0 Å². The number of ether oxygens (including phenoxy) is 1. The number of benzene rings is 1. The molecule has 1 saturated heterocycles. The third-order valence-corrected chi connectivity index (χ3v) is 4.92. The number of fused-ring (bicyclic) bond motifs is 3. The highest BCUT2D eigenvalue weighted by Crippen LogP contribution is 2.51. The molecule has 0 aromatic heterocycles. The number of amides is 1. The molecule has 2 atom stereocenters. The number of likely N-dealkylation sites (tertiary alicyclic amines) is 1. The minimum absolute atomic E-state index is 0.0680. The van der Waals surface area contributed by atoms with Gasteiger partial charge >= 0.3 is 6.09 Å². The summed E-state index contributed by atoms with van der Waals surface area (Å²) in [6, 6.07) is 6.04. The van der Waals surface area contributed by atoms with Crippen LogP contribution in [-0.2, 0) is 5.41 Å². The van der Waals surface area contributed by atoms with Crippen LogP contribution in [0.4, 0.5) is 10.5 Å². The lowest BCUT2D eigenvalue weighted by Crippen LogP contribution is -2.45. The number of carbonyl (C=O) groups excluding carboxylic acids is 1. The van der Waals surface area contributed by atoms with E-state index in [4.69, 9.17) is 4.74 Å². The van der Waals surface area contributed by atoms with Crippen molar-refractivity contribution in [2.45, 2.75) is 44.8 Å². The third-order valence-electron chi connectivity index (χ3n) is 4.92. The Balaban J connectivity index is 1.89. The van der Waals surface area contributed by atoms with Gasteiger partial charge in [-0.2, -0.15) is 0 Å². The summed E-state index contributed by atoms with van der Waals surface area (Å²) in [4.78, 5) is 16.5. The second-order valence-corrected chi connectivity index (χ2v) is 7.00. The monoisotopic (exact) mass is 303 g/mol. The van der Waals surface area contributed by atoms with Gasteiger partial charge in [-0.1, -0.05) is 6.92 Å². The molecule has 0 radical (unpaired) electrons. The maximum Gasteiger partial charge on any atom is 0.412 e. The number of likely N-dealkylation sites (N-methyl/N-ethyl adjacent to an activating group) is 2. The van der Waals surface area contributed by atoms with Gasteiger partial charge in [0, 0.05) is 30.7 Å². The van der Waals surface area contributed by atoms with Gasteiger partial charge in [0.25, 0.3) is 0 Å². The van der Waals surface area contributed by atoms with Crippen molar-refractivity contribution in [1.82, 2.24) is 10.2 Å². The molecular formula is C17H25N3O2. The van der Waals surface area contributed by atoms with E-state index in [2.05, 4.69) is 42.2 Å². The number of hydrogen-bond donors (Lipinski definition) is 1. The Labute approximate surface area is 132 Å². The van der Waals surface area contributed by atoms with Crippen molar-refractivity contribution in [3.63, 3.8) is 0 Å². The van der Waals surface area contributed by atoms with E-state index < -0.39 is 6.09 Å². The van der Waals surface area contributed by atoms with Crippen LogP contribution in [0.3, 0.4) is 0 Å². The van der Waals surface area contributed by atoms with Gasteiger partial charge in [-0.3, -0.25) is 4.90 Å². The smallest absolute Gasteiger partial charge is 0.410 e. The van der Waals surface area contributed by atoms with E-state index in [1.54, 1.807) is 0 Å². The largest absolute Gasteiger partial charge is 0.412 e. The average Bonchev–Trinajstić information content (AvgIpc) is 2.84. The molecule has 2 aliphatic rings. The first-order valence-electron chi connectivity index (χ1n) is 7.89. The van der Waals surface area contributed by atoms with Gasteiger partial charge in [-0.05, 0) is 51.1 Å². The first kappa shape index (κ1) is 15.2. The van der Waals surface area contributed by atoms with Crippen LogP contribution >= 0.6 is 0 Å². The summed E-state index contributed by atoms with van der Waals surface area (Å²) in [5.74, 6) is 0.613. The SMILES string of the molecule is CC(C)NC(=O)Oc1ccc2c(c1)[C@@]1(C)CCN(C)[C@H]1N2C. The van der Waals surface area contributed by atoms with Gasteiger partial charge in [0.15, 0.2) is 0 Å². The molecule has 2 aliphatic heterocycles. The summed E-state index contributed by atoms with van der Waals surface area (Å²) in [5.41, 5.74) is 2.60. The van der Waals surface area contributed by atoms with E-state index in [0.717, 1.165) is 13.0 Å². The molecule has 0 saturated carbocycles. The summed E-state index contributed by atoms with van der Waals surface area (Å²) >= 11 is 0. The summed E-state index contributed by atoms with van der Waals surface area (Å²) < 4.78 is 5.42. The number of hydrogen-bond acceptors (Lipinski definition) is 4. The Bertz CT molecular complexity index is 602. The molecule has 0 aliphatic carbocycles. The topological polar surface area (TPSA) is 44.8 Å². The molecule has 1 amide bonds. The van der Waals surface area contributed by atoms with Gasteiger partial charge in [0.05, 0.1) is 6.17 Å². The van der Waals surface area contributed by atoms with Gasteiger partial charge < -0.3 is 15.0 Å². The second kappa shape index (κ2) is 5.16. The quantitative estimate of drug-likeness (QED) is 0.912. The minimum atomic E-state index is -0.397. The van der Waals surface area contributed by atoms with Crippen LogP contribution in [-0.4, -0.2) is 43.8 Å². The Morgan fingerprint density at radius 2 is 2.14 bits per heavy atom. The van der Waals surface area contributed by atoms with Crippen LogP contribution in [0.15, 0.2) is 18.2 Å². The molecule has 22 heavy (non-hydrogen) atoms. The van der Waals surface area contributed by atoms with E-state index in [1.807, 2.05) is 26.0 Å². The van der Waals surface area contributed by atoms with Gasteiger partial charge in [0.1, 0.15) is 5.75 Å². The number of nitrogens with zero attached hydrogens (tertiary/aromatic N) is 2. The Morgan fingerprint density at radius 1 is 1.41 bits per heavy atom. The Kier molecular flexibility index (Phi) is 3.56. The molecule has 0 bridgehead atoms. The van der Waals surface area contributed by atoms with Crippen LogP contribution in [0.5, 0.6) is 5.75 Å². The molecular weight excluding hydrogens is 278 g/mol. The molecule has 1 aromatic rings. The number of rotatable bonds is 2. The highest BCUT2D eigenvalue weighted by Gasteiger charge is 2.52. The van der Waals surface area contributed by atoms with Crippen LogP contribution in [0.25, 0.3) is 0 Å². The Hall–Kier alpha value is -1.75. The zero-order valence-electron chi connectivity index (χ0n) is 14.0. The van der Waals surface area contributed by atoms with E-state index >= 15 is 0 Å². The second-order valence-electron chi connectivity index (χ2n) is 7.00. The molecule has 0 spiro atoms. The normalized spacial score (nSPS) is 27.0. The van der Waals surface area contributed by atoms with E-state index in [-0.39, 0.29) is 11.5 Å². The average molecular weight is 303 g/mol. The molecule has 1 fully saturated rings. The van der Waals surface area contributed by atoms with Crippen LogP contribution in [0.1, 0.15) is 32.8 Å². The van der Waals surface area contributed by atoms with Gasteiger partial charge in [-0.15, -0.1) is 0 Å². The van der Waals surface area contributed by atoms with E-state index in [0.29, 0.717) is 11.9 Å². The zero-order valence-corrected chi connectivity index (χ0v) is 14.0. The molecule has 1 N–H and O–H groups in total. The first-order chi connectivity index (χ1) is 10.3. The standard InChI is InChI=1S/C17H25N3O2/c1-11(2)18-16(21)22-12-6-7-14-13(10-12)17(3)8-9-19(4)15(17)20(14)5/h6-7,10-11,15H,8-9H2,1-5H3,(H,18,21)/t15-,17+/m0/s1. The minimum Gasteiger partial charge on any atom is -0.410 e. The van der Waals surface area contributed by atoms with Crippen molar-refractivity contribution in [1.29, 1.82) is 0 Å². The molecule has 0 unspecified atom stereocenters. The fraction of sp³-hybridized carbons (Fsp3) is 0.588.